The number of hydrogen-bond acceptors (Lipinski definition) is 6. The van der Waals surface area contributed by atoms with Gasteiger partial charge < -0.3 is 19.3 Å². The van der Waals surface area contributed by atoms with Crippen molar-refractivity contribution in [1.29, 1.82) is 0 Å². The van der Waals surface area contributed by atoms with E-state index >= 15 is 0 Å². The van der Waals surface area contributed by atoms with Crippen molar-refractivity contribution in [1.82, 2.24) is 14.9 Å². The number of amides is 1. The molecule has 1 aromatic heterocycles. The Morgan fingerprint density at radius 1 is 1.06 bits per heavy atom. The highest BCUT2D eigenvalue weighted by Crippen LogP contribution is 2.48. The normalized spacial score (nSPS) is 25.1. The molecule has 178 valence electrons. The van der Waals surface area contributed by atoms with Gasteiger partial charge in [-0.15, -0.1) is 0 Å². The molecule has 0 spiro atoms. The van der Waals surface area contributed by atoms with Gasteiger partial charge in [-0.05, 0) is 92.5 Å². The highest BCUT2D eigenvalue weighted by atomic mass is 79.9. The third-order valence-electron chi connectivity index (χ3n) is 6.96. The van der Waals surface area contributed by atoms with Crippen LogP contribution in [-0.2, 0) is 9.47 Å². The molecule has 4 rings (SSSR count). The SMILES string of the molecule is CC(C)(C)OC(=O)N1CCC(COC[C@@H]2C[C@@H]2C2CCN(c3ncc(Br)cn3)CC2)CC1. The first-order valence-corrected chi connectivity index (χ1v) is 12.9. The Morgan fingerprint density at radius 2 is 1.72 bits per heavy atom. The summed E-state index contributed by atoms with van der Waals surface area (Å²) in [5.41, 5.74) is -0.429. The highest BCUT2D eigenvalue weighted by Gasteiger charge is 2.43. The number of nitrogens with zero attached hydrogens (tertiary/aromatic N) is 4. The molecule has 2 aliphatic heterocycles. The van der Waals surface area contributed by atoms with Crippen molar-refractivity contribution in [3.05, 3.63) is 16.9 Å². The lowest BCUT2D eigenvalue weighted by molar-refractivity contribution is 0.0107. The largest absolute Gasteiger partial charge is 0.444 e. The summed E-state index contributed by atoms with van der Waals surface area (Å²) in [6.07, 6.45) is 9.24. The Kier molecular flexibility index (Phi) is 7.60. The molecule has 7 nitrogen and oxygen atoms in total. The van der Waals surface area contributed by atoms with Gasteiger partial charge in [-0.3, -0.25) is 0 Å². The molecule has 1 aromatic rings. The van der Waals surface area contributed by atoms with E-state index in [0.717, 1.165) is 80.4 Å². The molecule has 0 N–H and O–H groups in total. The van der Waals surface area contributed by atoms with Crippen molar-refractivity contribution in [3.63, 3.8) is 0 Å². The van der Waals surface area contributed by atoms with Crippen LogP contribution in [0.2, 0.25) is 0 Å². The Labute approximate surface area is 200 Å². The Hall–Kier alpha value is -1.41. The second-order valence-corrected chi connectivity index (χ2v) is 11.5. The molecule has 1 aliphatic carbocycles. The van der Waals surface area contributed by atoms with Crippen LogP contribution in [0.3, 0.4) is 0 Å². The van der Waals surface area contributed by atoms with Gasteiger partial charge in [0.1, 0.15) is 5.60 Å². The summed E-state index contributed by atoms with van der Waals surface area (Å²) in [5.74, 6) is 3.78. The van der Waals surface area contributed by atoms with Gasteiger partial charge in [-0.25, -0.2) is 14.8 Å². The number of carbonyl (C=O) groups is 1. The van der Waals surface area contributed by atoms with Gasteiger partial charge in [0, 0.05) is 51.8 Å². The predicted molar refractivity (Wildman–Crippen MR) is 128 cm³/mol. The highest BCUT2D eigenvalue weighted by molar-refractivity contribution is 9.10. The van der Waals surface area contributed by atoms with Gasteiger partial charge in [0.2, 0.25) is 5.95 Å². The van der Waals surface area contributed by atoms with Crippen LogP contribution in [0.5, 0.6) is 0 Å². The number of anilines is 1. The van der Waals surface area contributed by atoms with E-state index in [9.17, 15) is 4.79 Å². The van der Waals surface area contributed by atoms with Crippen molar-refractivity contribution >= 4 is 28.0 Å². The van der Waals surface area contributed by atoms with Crippen molar-refractivity contribution < 1.29 is 14.3 Å². The minimum absolute atomic E-state index is 0.185. The monoisotopic (exact) mass is 508 g/mol. The summed E-state index contributed by atoms with van der Waals surface area (Å²) in [5, 5.41) is 0. The molecule has 1 amide bonds. The van der Waals surface area contributed by atoms with Crippen molar-refractivity contribution in [2.45, 2.75) is 58.5 Å². The minimum Gasteiger partial charge on any atom is -0.444 e. The van der Waals surface area contributed by atoms with Crippen LogP contribution in [-0.4, -0.2) is 66.0 Å². The zero-order valence-electron chi connectivity index (χ0n) is 19.6. The molecule has 0 aromatic carbocycles. The van der Waals surface area contributed by atoms with Crippen LogP contribution >= 0.6 is 15.9 Å². The summed E-state index contributed by atoms with van der Waals surface area (Å²) in [4.78, 5) is 25.2. The molecule has 0 radical (unpaired) electrons. The van der Waals surface area contributed by atoms with E-state index in [1.807, 2.05) is 38.1 Å². The zero-order chi connectivity index (χ0) is 22.7. The molecule has 8 heteroatoms. The van der Waals surface area contributed by atoms with Gasteiger partial charge in [-0.1, -0.05) is 0 Å². The fourth-order valence-electron chi connectivity index (χ4n) is 5.03. The number of ether oxygens (including phenoxy) is 2. The molecule has 1 saturated carbocycles. The first kappa shape index (κ1) is 23.7. The molecule has 32 heavy (non-hydrogen) atoms. The van der Waals surface area contributed by atoms with E-state index in [1.54, 1.807) is 0 Å². The maximum Gasteiger partial charge on any atom is 0.410 e. The van der Waals surface area contributed by atoms with E-state index in [4.69, 9.17) is 9.47 Å². The number of aromatic nitrogens is 2. The quantitative estimate of drug-likeness (QED) is 0.551. The maximum atomic E-state index is 12.2. The van der Waals surface area contributed by atoms with Crippen LogP contribution in [0.4, 0.5) is 10.7 Å². The zero-order valence-corrected chi connectivity index (χ0v) is 21.2. The predicted octanol–water partition coefficient (Wildman–Crippen LogP) is 4.76. The van der Waals surface area contributed by atoms with Gasteiger partial charge >= 0.3 is 6.09 Å². The van der Waals surface area contributed by atoms with E-state index in [2.05, 4.69) is 30.8 Å². The van der Waals surface area contributed by atoms with Crippen LogP contribution in [0.15, 0.2) is 16.9 Å². The molecule has 0 bridgehead atoms. The fourth-order valence-corrected chi connectivity index (χ4v) is 5.24. The number of rotatable bonds is 6. The minimum atomic E-state index is -0.429. The molecule has 2 atom stereocenters. The number of piperidine rings is 2. The van der Waals surface area contributed by atoms with Crippen LogP contribution < -0.4 is 4.90 Å². The Morgan fingerprint density at radius 3 is 2.34 bits per heavy atom. The van der Waals surface area contributed by atoms with Crippen molar-refractivity contribution in [3.8, 4) is 0 Å². The number of likely N-dealkylation sites (tertiary alicyclic amines) is 1. The lowest BCUT2D eigenvalue weighted by Crippen LogP contribution is -2.42. The number of carbonyl (C=O) groups excluding carboxylic acids is 1. The lowest BCUT2D eigenvalue weighted by atomic mass is 9.91. The molecule has 3 aliphatic rings. The summed E-state index contributed by atoms with van der Waals surface area (Å²) >= 11 is 3.40. The summed E-state index contributed by atoms with van der Waals surface area (Å²) in [6, 6.07) is 0. The van der Waals surface area contributed by atoms with E-state index < -0.39 is 5.60 Å². The van der Waals surface area contributed by atoms with Gasteiger partial charge in [-0.2, -0.15) is 0 Å². The average Bonchev–Trinajstić information content (AvgIpc) is 3.53. The number of halogens is 1. The van der Waals surface area contributed by atoms with E-state index in [1.165, 1.54) is 19.3 Å². The van der Waals surface area contributed by atoms with Crippen molar-refractivity contribution in [2.75, 3.05) is 44.3 Å². The Bertz CT molecular complexity index is 754. The second-order valence-electron chi connectivity index (χ2n) is 10.6. The summed E-state index contributed by atoms with van der Waals surface area (Å²) < 4.78 is 12.5. The number of hydrogen-bond donors (Lipinski definition) is 0. The summed E-state index contributed by atoms with van der Waals surface area (Å²) in [6.45, 7) is 11.1. The van der Waals surface area contributed by atoms with Crippen LogP contribution in [0.1, 0.15) is 52.9 Å². The smallest absolute Gasteiger partial charge is 0.410 e. The fraction of sp³-hybridized carbons (Fsp3) is 0.792. The van der Waals surface area contributed by atoms with Crippen LogP contribution in [0.25, 0.3) is 0 Å². The van der Waals surface area contributed by atoms with Gasteiger partial charge in [0.15, 0.2) is 0 Å². The molecule has 2 saturated heterocycles. The third kappa shape index (κ3) is 6.56. The average molecular weight is 509 g/mol. The van der Waals surface area contributed by atoms with Gasteiger partial charge in [0.05, 0.1) is 4.47 Å². The molecule has 0 unspecified atom stereocenters. The van der Waals surface area contributed by atoms with Crippen LogP contribution in [0, 0.1) is 23.7 Å². The lowest BCUT2D eigenvalue weighted by Gasteiger charge is -2.33. The van der Waals surface area contributed by atoms with Crippen molar-refractivity contribution in [2.24, 2.45) is 23.7 Å². The van der Waals surface area contributed by atoms with Gasteiger partial charge in [0.25, 0.3) is 0 Å². The summed E-state index contributed by atoms with van der Waals surface area (Å²) in [7, 11) is 0. The molecule has 3 heterocycles. The third-order valence-corrected chi connectivity index (χ3v) is 7.37. The topological polar surface area (TPSA) is 67.8 Å². The molecule has 3 fully saturated rings. The first-order chi connectivity index (χ1) is 15.3. The van der Waals surface area contributed by atoms with E-state index in [-0.39, 0.29) is 6.09 Å². The Balaban J connectivity index is 1.09. The standard InChI is InChI=1S/C24H37BrN4O3/c1-24(2,3)32-23(30)29-8-4-17(5-9-29)15-31-16-19-12-21(19)18-6-10-28(11-7-18)22-26-13-20(25)14-27-22/h13-14,17-19,21H,4-12,15-16H2,1-3H3/t19-,21+/m0/s1. The van der Waals surface area contributed by atoms with E-state index in [0.29, 0.717) is 5.92 Å². The second kappa shape index (κ2) is 10.2. The molecular formula is C24H37BrN4O3. The maximum absolute atomic E-state index is 12.2. The first-order valence-electron chi connectivity index (χ1n) is 12.1. The molecular weight excluding hydrogens is 472 g/mol.